The fourth-order valence-electron chi connectivity index (χ4n) is 3.90. The summed E-state index contributed by atoms with van der Waals surface area (Å²) in [5.41, 5.74) is 2.05. The van der Waals surface area contributed by atoms with Gasteiger partial charge in [0.05, 0.1) is 18.2 Å². The van der Waals surface area contributed by atoms with Crippen LogP contribution in [-0.2, 0) is 0 Å². The van der Waals surface area contributed by atoms with Gasteiger partial charge in [-0.05, 0) is 43.0 Å². The molecule has 1 N–H and O–H groups in total. The molecule has 0 fully saturated rings. The molecule has 3 nitrogen and oxygen atoms in total. The Labute approximate surface area is 167 Å². The molecule has 27 heavy (non-hydrogen) atoms. The van der Waals surface area contributed by atoms with Crippen LogP contribution in [0, 0.1) is 0 Å². The number of benzene rings is 2. The highest BCUT2D eigenvalue weighted by Gasteiger charge is 2.42. The van der Waals surface area contributed by atoms with Gasteiger partial charge < -0.3 is 9.94 Å². The summed E-state index contributed by atoms with van der Waals surface area (Å²) in [6, 6.07) is 16.5. The van der Waals surface area contributed by atoms with Crippen molar-refractivity contribution >= 4 is 11.8 Å². The third kappa shape index (κ3) is 4.18. The van der Waals surface area contributed by atoms with Crippen LogP contribution in [0.5, 0.6) is 5.75 Å². The first-order valence-electron chi connectivity index (χ1n) is 10.1. The number of nitrogens with zero attached hydrogens (tertiary/aromatic N) is 1. The Morgan fingerprint density at radius 2 is 1.93 bits per heavy atom. The largest absolute Gasteiger partial charge is 0.494 e. The van der Waals surface area contributed by atoms with E-state index < -0.39 is 0 Å². The normalized spacial score (nSPS) is 22.9. The standard InChI is InChI=1S/C23H31NO2S/c1-4-7-15-23(5-2)17-27-21-16-19(26-6-3)13-14-20(21)22(24(23)25)18-11-9-8-10-12-18/h8-14,16,22,25H,4-7,15,17H2,1-3H3/t22-,23+/m0/s1. The minimum atomic E-state index is -0.230. The predicted octanol–water partition coefficient (Wildman–Crippen LogP) is 6.31. The Bertz CT molecular complexity index is 736. The van der Waals surface area contributed by atoms with Gasteiger partial charge in [0, 0.05) is 10.6 Å². The molecule has 1 aliphatic heterocycles. The number of hydrogen-bond donors (Lipinski definition) is 1. The van der Waals surface area contributed by atoms with Crippen LogP contribution in [0.4, 0.5) is 0 Å². The number of ether oxygens (including phenoxy) is 1. The van der Waals surface area contributed by atoms with Crippen LogP contribution in [0.15, 0.2) is 53.4 Å². The Morgan fingerprint density at radius 1 is 1.15 bits per heavy atom. The number of hydrogen-bond acceptors (Lipinski definition) is 4. The number of thioether (sulfide) groups is 1. The van der Waals surface area contributed by atoms with Crippen molar-refractivity contribution in [3.63, 3.8) is 0 Å². The third-order valence-corrected chi connectivity index (χ3v) is 6.93. The van der Waals surface area contributed by atoms with Crippen molar-refractivity contribution in [2.75, 3.05) is 12.4 Å². The van der Waals surface area contributed by atoms with Crippen molar-refractivity contribution in [2.45, 2.75) is 62.9 Å². The van der Waals surface area contributed by atoms with Crippen molar-refractivity contribution < 1.29 is 9.94 Å². The quantitative estimate of drug-likeness (QED) is 0.605. The van der Waals surface area contributed by atoms with Gasteiger partial charge in [0.25, 0.3) is 0 Å². The van der Waals surface area contributed by atoms with Gasteiger partial charge in [0.1, 0.15) is 5.75 Å². The van der Waals surface area contributed by atoms with Crippen LogP contribution in [0.25, 0.3) is 0 Å². The molecular weight excluding hydrogens is 354 g/mol. The molecule has 2 atom stereocenters. The summed E-state index contributed by atoms with van der Waals surface area (Å²) in [5, 5.41) is 13.2. The van der Waals surface area contributed by atoms with Crippen molar-refractivity contribution in [1.29, 1.82) is 0 Å². The average molecular weight is 386 g/mol. The van der Waals surface area contributed by atoms with E-state index in [2.05, 4.69) is 50.2 Å². The maximum Gasteiger partial charge on any atom is 0.120 e. The summed E-state index contributed by atoms with van der Waals surface area (Å²) in [7, 11) is 0. The zero-order valence-corrected chi connectivity index (χ0v) is 17.5. The smallest absolute Gasteiger partial charge is 0.120 e. The van der Waals surface area contributed by atoms with E-state index in [0.29, 0.717) is 6.61 Å². The van der Waals surface area contributed by atoms with Crippen LogP contribution in [0.2, 0.25) is 0 Å². The van der Waals surface area contributed by atoms with Crippen LogP contribution < -0.4 is 4.74 Å². The highest BCUT2D eigenvalue weighted by molar-refractivity contribution is 7.99. The Hall–Kier alpha value is -1.49. The zero-order valence-electron chi connectivity index (χ0n) is 16.6. The van der Waals surface area contributed by atoms with E-state index in [1.54, 1.807) is 5.06 Å². The molecule has 0 bridgehead atoms. The first-order valence-corrected chi connectivity index (χ1v) is 11.1. The molecule has 2 aromatic rings. The van der Waals surface area contributed by atoms with E-state index in [0.717, 1.165) is 48.3 Å². The van der Waals surface area contributed by atoms with Crippen LogP contribution >= 0.6 is 11.8 Å². The molecule has 0 radical (unpaired) electrons. The number of rotatable bonds is 7. The van der Waals surface area contributed by atoms with Gasteiger partial charge in [-0.25, -0.2) is 0 Å². The molecule has 0 amide bonds. The summed E-state index contributed by atoms with van der Waals surface area (Å²) >= 11 is 1.85. The number of fused-ring (bicyclic) bond motifs is 1. The fourth-order valence-corrected chi connectivity index (χ4v) is 5.35. The monoisotopic (exact) mass is 385 g/mol. The summed E-state index contributed by atoms with van der Waals surface area (Å²) in [6.45, 7) is 7.08. The molecule has 2 aromatic carbocycles. The third-order valence-electron chi connectivity index (χ3n) is 5.59. The van der Waals surface area contributed by atoms with E-state index in [9.17, 15) is 5.21 Å². The SMILES string of the molecule is CCCC[C@]1(CC)CSc2cc(OCC)ccc2[C@H](c2ccccc2)N1O. The van der Waals surface area contributed by atoms with Gasteiger partial charge in [-0.2, -0.15) is 5.06 Å². The maximum atomic E-state index is 11.5. The number of unbranched alkanes of at least 4 members (excludes halogenated alkanes) is 1. The topological polar surface area (TPSA) is 32.7 Å². The van der Waals surface area contributed by atoms with E-state index in [4.69, 9.17) is 4.74 Å². The minimum Gasteiger partial charge on any atom is -0.494 e. The summed E-state index contributed by atoms with van der Waals surface area (Å²) < 4.78 is 5.73. The minimum absolute atomic E-state index is 0.163. The molecule has 4 heteroatoms. The molecule has 1 aliphatic rings. The zero-order chi connectivity index (χ0) is 19.3. The van der Waals surface area contributed by atoms with Gasteiger partial charge in [0.15, 0.2) is 0 Å². The molecule has 146 valence electrons. The Balaban J connectivity index is 2.10. The van der Waals surface area contributed by atoms with Crippen molar-refractivity contribution in [2.24, 2.45) is 0 Å². The van der Waals surface area contributed by atoms with E-state index in [1.165, 1.54) is 4.90 Å². The highest BCUT2D eigenvalue weighted by atomic mass is 32.2. The molecule has 0 aliphatic carbocycles. The predicted molar refractivity (Wildman–Crippen MR) is 113 cm³/mol. The molecular formula is C23H31NO2S. The van der Waals surface area contributed by atoms with E-state index in [1.807, 2.05) is 30.8 Å². The number of hydroxylamine groups is 2. The lowest BCUT2D eigenvalue weighted by Crippen LogP contribution is -2.49. The van der Waals surface area contributed by atoms with Gasteiger partial charge in [-0.1, -0.05) is 63.1 Å². The van der Waals surface area contributed by atoms with E-state index in [-0.39, 0.29) is 11.6 Å². The Kier molecular flexibility index (Phi) is 6.85. The molecule has 1 heterocycles. The van der Waals surface area contributed by atoms with Crippen LogP contribution in [0.3, 0.4) is 0 Å². The maximum absolute atomic E-state index is 11.5. The second-order valence-electron chi connectivity index (χ2n) is 7.26. The second-order valence-corrected chi connectivity index (χ2v) is 8.28. The molecule has 0 spiro atoms. The first kappa shape index (κ1) is 20.2. The molecule has 3 rings (SSSR count). The Morgan fingerprint density at radius 3 is 2.59 bits per heavy atom. The highest BCUT2D eigenvalue weighted by Crippen LogP contribution is 2.47. The second kappa shape index (κ2) is 9.13. The lowest BCUT2D eigenvalue weighted by Gasteiger charge is -2.42. The molecule has 0 saturated heterocycles. The van der Waals surface area contributed by atoms with Crippen molar-refractivity contribution in [1.82, 2.24) is 5.06 Å². The van der Waals surface area contributed by atoms with E-state index >= 15 is 0 Å². The van der Waals surface area contributed by atoms with Gasteiger partial charge >= 0.3 is 0 Å². The van der Waals surface area contributed by atoms with Crippen LogP contribution in [-0.4, -0.2) is 28.2 Å². The summed E-state index contributed by atoms with van der Waals surface area (Å²) in [6.07, 6.45) is 4.18. The molecule has 0 unspecified atom stereocenters. The lowest BCUT2D eigenvalue weighted by atomic mass is 9.87. The van der Waals surface area contributed by atoms with Gasteiger partial charge in [-0.15, -0.1) is 11.8 Å². The van der Waals surface area contributed by atoms with Gasteiger partial charge in [0.2, 0.25) is 0 Å². The lowest BCUT2D eigenvalue weighted by molar-refractivity contribution is -0.193. The molecule has 0 saturated carbocycles. The first-order chi connectivity index (χ1) is 13.1. The average Bonchev–Trinajstić information content (AvgIpc) is 2.82. The van der Waals surface area contributed by atoms with Crippen LogP contribution in [0.1, 0.15) is 63.6 Å². The van der Waals surface area contributed by atoms with Crippen molar-refractivity contribution in [3.8, 4) is 5.75 Å². The van der Waals surface area contributed by atoms with Crippen molar-refractivity contribution in [3.05, 3.63) is 59.7 Å². The molecule has 0 aromatic heterocycles. The van der Waals surface area contributed by atoms with Gasteiger partial charge in [-0.3, -0.25) is 0 Å². The summed E-state index contributed by atoms with van der Waals surface area (Å²) in [5.74, 6) is 1.78. The summed E-state index contributed by atoms with van der Waals surface area (Å²) in [4.78, 5) is 1.21. The fraction of sp³-hybridized carbons (Fsp3) is 0.478.